The van der Waals surface area contributed by atoms with E-state index in [1.54, 1.807) is 24.3 Å². The van der Waals surface area contributed by atoms with Crippen LogP contribution in [0.4, 0.5) is 0 Å². The lowest BCUT2D eigenvalue weighted by Crippen LogP contribution is -2.34. The fourth-order valence-electron chi connectivity index (χ4n) is 2.46. The summed E-state index contributed by atoms with van der Waals surface area (Å²) in [6, 6.07) is 15.6. The molecule has 0 saturated carbocycles. The summed E-state index contributed by atoms with van der Waals surface area (Å²) in [4.78, 5) is 11.5. The average molecular weight is 438 g/mol. The summed E-state index contributed by atoms with van der Waals surface area (Å²) in [7, 11) is -2.53. The number of nitrogens with zero attached hydrogens (tertiary/aromatic N) is 1. The molecule has 0 aliphatic carbocycles. The second-order valence-corrected chi connectivity index (χ2v) is 8.23. The van der Waals surface area contributed by atoms with Gasteiger partial charge in [0.1, 0.15) is 0 Å². The highest BCUT2D eigenvalue weighted by Gasteiger charge is 2.30. The van der Waals surface area contributed by atoms with Crippen molar-refractivity contribution in [3.8, 4) is 0 Å². The number of ether oxygens (including phenoxy) is 1. The highest BCUT2D eigenvalue weighted by molar-refractivity contribution is 9.10. The minimum absolute atomic E-state index is 0.0365. The lowest BCUT2D eigenvalue weighted by Gasteiger charge is -2.28. The molecule has 0 aromatic heterocycles. The van der Waals surface area contributed by atoms with E-state index in [1.807, 2.05) is 37.3 Å². The lowest BCUT2D eigenvalue weighted by molar-refractivity contribution is -0.134. The Hall–Kier alpha value is -1.96. The molecule has 2 rings (SSSR count). The van der Waals surface area contributed by atoms with E-state index in [4.69, 9.17) is 0 Å². The summed E-state index contributed by atoms with van der Waals surface area (Å²) in [6.45, 7) is 1.85. The summed E-state index contributed by atoms with van der Waals surface area (Å²) in [5.41, 5.74) is 0.856. The first kappa shape index (κ1) is 20.4. The molecule has 0 heterocycles. The molecule has 0 radical (unpaired) electrons. The number of hydrogen-bond acceptors (Lipinski definition) is 4. The Morgan fingerprint density at radius 3 is 2.38 bits per heavy atom. The maximum atomic E-state index is 13.3. The number of sulfonamides is 1. The Kier molecular flexibility index (Phi) is 7.14. The minimum atomic E-state index is -3.80. The predicted octanol–water partition coefficient (Wildman–Crippen LogP) is 3.93. The first-order chi connectivity index (χ1) is 12.4. The van der Waals surface area contributed by atoms with Crippen molar-refractivity contribution in [2.24, 2.45) is 0 Å². The summed E-state index contributed by atoms with van der Waals surface area (Å²) >= 11 is 3.31. The van der Waals surface area contributed by atoms with Gasteiger partial charge >= 0.3 is 5.97 Å². The molecule has 0 amide bonds. The molecule has 26 heavy (non-hydrogen) atoms. The van der Waals surface area contributed by atoms with Gasteiger partial charge in [-0.15, -0.1) is 0 Å². The van der Waals surface area contributed by atoms with Crippen LogP contribution < -0.4 is 0 Å². The number of esters is 1. The lowest BCUT2D eigenvalue weighted by atomic mass is 10.1. The average Bonchev–Trinajstić information content (AvgIpc) is 2.65. The van der Waals surface area contributed by atoms with Crippen LogP contribution in [0.1, 0.15) is 18.5 Å². The van der Waals surface area contributed by atoms with Gasteiger partial charge in [-0.2, -0.15) is 4.31 Å². The third-order valence-corrected chi connectivity index (χ3v) is 6.83. The van der Waals surface area contributed by atoms with E-state index < -0.39 is 22.0 Å². The third-order valence-electron chi connectivity index (χ3n) is 3.88. The van der Waals surface area contributed by atoms with Gasteiger partial charge in [0.05, 0.1) is 12.0 Å². The zero-order valence-electron chi connectivity index (χ0n) is 14.5. The largest absolute Gasteiger partial charge is 0.466 e. The van der Waals surface area contributed by atoms with E-state index in [-0.39, 0.29) is 11.4 Å². The summed E-state index contributed by atoms with van der Waals surface area (Å²) < 4.78 is 32.9. The number of rotatable bonds is 7. The minimum Gasteiger partial charge on any atom is -0.466 e. The molecule has 0 saturated heterocycles. The molecular formula is C19H20BrNO4S. The Morgan fingerprint density at radius 1 is 1.15 bits per heavy atom. The molecule has 1 atom stereocenters. The van der Waals surface area contributed by atoms with Crippen molar-refractivity contribution in [2.75, 3.05) is 13.7 Å². The van der Waals surface area contributed by atoms with Crippen LogP contribution in [-0.2, 0) is 19.6 Å². The second kappa shape index (κ2) is 9.12. The first-order valence-corrected chi connectivity index (χ1v) is 10.2. The van der Waals surface area contributed by atoms with E-state index in [9.17, 15) is 13.2 Å². The van der Waals surface area contributed by atoms with Gasteiger partial charge in [-0.3, -0.25) is 0 Å². The van der Waals surface area contributed by atoms with Gasteiger partial charge in [-0.25, -0.2) is 13.2 Å². The molecule has 0 N–H and O–H groups in total. The number of halogens is 1. The van der Waals surface area contributed by atoms with Crippen LogP contribution in [0.3, 0.4) is 0 Å². The number of benzene rings is 2. The summed E-state index contributed by atoms with van der Waals surface area (Å²) in [5.74, 6) is -0.532. The SMILES string of the molecule is COC(=O)/C=C/CN([C@@H](C)c1ccccc1)S(=O)(=O)c1ccccc1Br. The smallest absolute Gasteiger partial charge is 0.330 e. The van der Waals surface area contributed by atoms with Crippen LogP contribution in [-0.4, -0.2) is 32.3 Å². The standard InChI is InChI=1S/C19H20BrNO4S/c1-15(16-9-4-3-5-10-16)21(14-8-13-19(22)25-2)26(23,24)18-12-7-6-11-17(18)20/h3-13,15H,14H2,1-2H3/b13-8+/t15-/m0/s1. The Bertz CT molecular complexity index is 881. The van der Waals surface area contributed by atoms with E-state index in [1.165, 1.54) is 23.6 Å². The van der Waals surface area contributed by atoms with Gasteiger partial charge in [-0.05, 0) is 40.5 Å². The normalized spacial score (nSPS) is 13.1. The number of hydrogen-bond donors (Lipinski definition) is 0. The zero-order valence-corrected chi connectivity index (χ0v) is 16.9. The van der Waals surface area contributed by atoms with Crippen molar-refractivity contribution >= 4 is 31.9 Å². The molecule has 0 unspecified atom stereocenters. The Morgan fingerprint density at radius 2 is 1.77 bits per heavy atom. The van der Waals surface area contributed by atoms with Crippen molar-refractivity contribution in [3.63, 3.8) is 0 Å². The fraction of sp³-hybridized carbons (Fsp3) is 0.211. The van der Waals surface area contributed by atoms with Crippen LogP contribution >= 0.6 is 15.9 Å². The molecule has 0 aliphatic heterocycles. The maximum Gasteiger partial charge on any atom is 0.330 e. The van der Waals surface area contributed by atoms with Gasteiger partial charge in [0.15, 0.2) is 0 Å². The second-order valence-electron chi connectivity index (χ2n) is 5.52. The molecule has 2 aromatic carbocycles. The van der Waals surface area contributed by atoms with E-state index in [0.29, 0.717) is 4.47 Å². The van der Waals surface area contributed by atoms with Crippen molar-refractivity contribution in [2.45, 2.75) is 17.9 Å². The van der Waals surface area contributed by atoms with Gasteiger partial charge < -0.3 is 4.74 Å². The maximum absolute atomic E-state index is 13.3. The van der Waals surface area contributed by atoms with Gasteiger partial charge in [-0.1, -0.05) is 48.5 Å². The predicted molar refractivity (Wildman–Crippen MR) is 104 cm³/mol. The third kappa shape index (κ3) is 4.81. The molecule has 7 heteroatoms. The Labute approximate surface area is 162 Å². The molecular weight excluding hydrogens is 418 g/mol. The highest BCUT2D eigenvalue weighted by Crippen LogP contribution is 2.30. The van der Waals surface area contributed by atoms with Gasteiger partial charge in [0.2, 0.25) is 10.0 Å². The molecule has 0 aliphatic rings. The molecule has 0 bridgehead atoms. The van der Waals surface area contributed by atoms with Gasteiger partial charge in [0, 0.05) is 23.1 Å². The van der Waals surface area contributed by atoms with E-state index in [0.717, 1.165) is 5.56 Å². The van der Waals surface area contributed by atoms with Crippen molar-refractivity contribution in [1.82, 2.24) is 4.31 Å². The zero-order chi connectivity index (χ0) is 19.2. The number of methoxy groups -OCH3 is 1. The molecule has 0 fully saturated rings. The van der Waals surface area contributed by atoms with Crippen LogP contribution in [0, 0.1) is 0 Å². The molecule has 5 nitrogen and oxygen atoms in total. The van der Waals surface area contributed by atoms with Crippen LogP contribution in [0.2, 0.25) is 0 Å². The van der Waals surface area contributed by atoms with Crippen LogP contribution in [0.5, 0.6) is 0 Å². The number of carbonyl (C=O) groups excluding carboxylic acids is 1. The molecule has 0 spiro atoms. The van der Waals surface area contributed by atoms with Crippen molar-refractivity contribution < 1.29 is 17.9 Å². The Balaban J connectivity index is 2.44. The number of carbonyl (C=O) groups is 1. The fourth-order valence-corrected chi connectivity index (χ4v) is 5.00. The molecule has 138 valence electrons. The quantitative estimate of drug-likeness (QED) is 0.486. The van der Waals surface area contributed by atoms with E-state index in [2.05, 4.69) is 20.7 Å². The van der Waals surface area contributed by atoms with E-state index >= 15 is 0 Å². The molecule has 2 aromatic rings. The highest BCUT2D eigenvalue weighted by atomic mass is 79.9. The summed E-state index contributed by atoms with van der Waals surface area (Å²) in [5, 5.41) is 0. The topological polar surface area (TPSA) is 63.7 Å². The monoisotopic (exact) mass is 437 g/mol. The summed E-state index contributed by atoms with van der Waals surface area (Å²) in [6.07, 6.45) is 2.71. The van der Waals surface area contributed by atoms with Crippen LogP contribution in [0.25, 0.3) is 0 Å². The first-order valence-electron chi connectivity index (χ1n) is 7.93. The van der Waals surface area contributed by atoms with Crippen molar-refractivity contribution in [1.29, 1.82) is 0 Å². The van der Waals surface area contributed by atoms with Crippen LogP contribution in [0.15, 0.2) is 76.1 Å². The van der Waals surface area contributed by atoms with Crippen molar-refractivity contribution in [3.05, 3.63) is 76.8 Å². The van der Waals surface area contributed by atoms with Gasteiger partial charge in [0.25, 0.3) is 0 Å².